The van der Waals surface area contributed by atoms with Crippen LogP contribution in [0, 0.1) is 5.92 Å². The van der Waals surface area contributed by atoms with Crippen molar-refractivity contribution in [2.24, 2.45) is 5.92 Å². The monoisotopic (exact) mass is 380 g/mol. The maximum absolute atomic E-state index is 12.6. The minimum Gasteiger partial charge on any atom is -0.356 e. The van der Waals surface area contributed by atoms with Crippen LogP contribution in [0.25, 0.3) is 10.8 Å². The Kier molecular flexibility index (Phi) is 5.88. The fourth-order valence-electron chi connectivity index (χ4n) is 4.15. The van der Waals surface area contributed by atoms with Gasteiger partial charge in [-0.05, 0) is 24.4 Å². The lowest BCUT2D eigenvalue weighted by atomic mass is 10.1. The van der Waals surface area contributed by atoms with Gasteiger partial charge in [0.25, 0.3) is 0 Å². The van der Waals surface area contributed by atoms with Crippen molar-refractivity contribution in [1.82, 2.24) is 15.5 Å². The van der Waals surface area contributed by atoms with Crippen LogP contribution in [0.5, 0.6) is 0 Å². The van der Waals surface area contributed by atoms with Gasteiger partial charge >= 0.3 is 0 Å². The van der Waals surface area contributed by atoms with E-state index in [0.717, 1.165) is 55.6 Å². The summed E-state index contributed by atoms with van der Waals surface area (Å²) in [6.07, 6.45) is 1.23. The molecule has 2 heterocycles. The van der Waals surface area contributed by atoms with Crippen LogP contribution < -0.4 is 15.5 Å². The van der Waals surface area contributed by atoms with Crippen molar-refractivity contribution in [3.63, 3.8) is 0 Å². The topological polar surface area (TPSA) is 64.7 Å². The molecule has 0 radical (unpaired) electrons. The highest BCUT2D eigenvalue weighted by Gasteiger charge is 2.35. The molecular weight excluding hydrogens is 352 g/mol. The first-order chi connectivity index (χ1) is 13.7. The standard InChI is InChI=1S/C22H28N4O2/c27-21-15-18(22(28)24-9-4-12-25-13-10-23-11-14-25)16-26(21)20-8-3-6-17-5-1-2-7-19(17)20/h1-3,5-8,18,23H,4,9-16H2,(H,24,28). The molecule has 2 N–H and O–H groups in total. The molecule has 1 unspecified atom stereocenters. The van der Waals surface area contributed by atoms with Crippen molar-refractivity contribution in [2.75, 3.05) is 50.7 Å². The summed E-state index contributed by atoms with van der Waals surface area (Å²) in [6, 6.07) is 14.0. The number of rotatable bonds is 6. The summed E-state index contributed by atoms with van der Waals surface area (Å²) in [5.41, 5.74) is 0.900. The Bertz CT molecular complexity index is 842. The maximum atomic E-state index is 12.6. The Morgan fingerprint density at radius 1 is 1.11 bits per heavy atom. The smallest absolute Gasteiger partial charge is 0.227 e. The van der Waals surface area contributed by atoms with E-state index in [2.05, 4.69) is 15.5 Å². The molecule has 1 atom stereocenters. The van der Waals surface area contributed by atoms with Crippen molar-refractivity contribution >= 4 is 28.3 Å². The third-order valence-electron chi connectivity index (χ3n) is 5.71. The molecule has 0 spiro atoms. The molecule has 2 aliphatic heterocycles. The van der Waals surface area contributed by atoms with E-state index in [0.29, 0.717) is 13.1 Å². The van der Waals surface area contributed by atoms with Crippen LogP contribution in [-0.2, 0) is 9.59 Å². The second kappa shape index (κ2) is 8.71. The number of carbonyl (C=O) groups excluding carboxylic acids is 2. The molecule has 2 aromatic carbocycles. The molecule has 0 saturated carbocycles. The second-order valence-corrected chi connectivity index (χ2v) is 7.64. The number of anilines is 1. The molecule has 2 aliphatic rings. The fraction of sp³-hybridized carbons (Fsp3) is 0.455. The SMILES string of the molecule is O=C(NCCCN1CCNCC1)C1CC(=O)N(c2cccc3ccccc23)C1. The normalized spacial score (nSPS) is 20.6. The molecule has 2 amide bonds. The van der Waals surface area contributed by atoms with Gasteiger partial charge in [-0.25, -0.2) is 0 Å². The van der Waals surface area contributed by atoms with Crippen LogP contribution in [0.4, 0.5) is 5.69 Å². The first-order valence-corrected chi connectivity index (χ1v) is 10.2. The number of carbonyl (C=O) groups is 2. The van der Waals surface area contributed by atoms with Crippen molar-refractivity contribution in [3.05, 3.63) is 42.5 Å². The van der Waals surface area contributed by atoms with E-state index in [1.54, 1.807) is 4.90 Å². The summed E-state index contributed by atoms with van der Waals surface area (Å²) in [7, 11) is 0. The third-order valence-corrected chi connectivity index (χ3v) is 5.71. The Morgan fingerprint density at radius 2 is 1.89 bits per heavy atom. The van der Waals surface area contributed by atoms with Crippen LogP contribution >= 0.6 is 0 Å². The van der Waals surface area contributed by atoms with Crippen LogP contribution in [0.3, 0.4) is 0 Å². The number of hydrogen-bond donors (Lipinski definition) is 2. The van der Waals surface area contributed by atoms with Gasteiger partial charge in [-0.15, -0.1) is 0 Å². The van der Waals surface area contributed by atoms with Gasteiger partial charge in [-0.3, -0.25) is 9.59 Å². The molecule has 6 heteroatoms. The number of benzene rings is 2. The number of nitrogens with zero attached hydrogens (tertiary/aromatic N) is 2. The first-order valence-electron chi connectivity index (χ1n) is 10.2. The Morgan fingerprint density at radius 3 is 2.75 bits per heavy atom. The molecule has 2 saturated heterocycles. The predicted molar refractivity (Wildman–Crippen MR) is 111 cm³/mol. The summed E-state index contributed by atoms with van der Waals surface area (Å²) < 4.78 is 0. The Hall–Kier alpha value is -2.44. The highest BCUT2D eigenvalue weighted by Crippen LogP contribution is 2.31. The molecule has 2 aromatic rings. The molecule has 4 rings (SSSR count). The number of piperazine rings is 1. The lowest BCUT2D eigenvalue weighted by Crippen LogP contribution is -2.44. The van der Waals surface area contributed by atoms with Crippen LogP contribution in [-0.4, -0.2) is 62.5 Å². The molecule has 28 heavy (non-hydrogen) atoms. The fourth-order valence-corrected chi connectivity index (χ4v) is 4.15. The van der Waals surface area contributed by atoms with E-state index in [1.165, 1.54) is 0 Å². The minimum absolute atomic E-state index is 0.00334. The van der Waals surface area contributed by atoms with Gasteiger partial charge in [-0.1, -0.05) is 36.4 Å². The van der Waals surface area contributed by atoms with E-state index in [-0.39, 0.29) is 24.2 Å². The number of amides is 2. The van der Waals surface area contributed by atoms with Crippen molar-refractivity contribution < 1.29 is 9.59 Å². The van der Waals surface area contributed by atoms with Crippen LogP contribution in [0.15, 0.2) is 42.5 Å². The summed E-state index contributed by atoms with van der Waals surface area (Å²) in [6.45, 7) is 6.36. The average Bonchev–Trinajstić information content (AvgIpc) is 3.13. The lowest BCUT2D eigenvalue weighted by Gasteiger charge is -2.27. The molecule has 6 nitrogen and oxygen atoms in total. The molecule has 0 aliphatic carbocycles. The number of fused-ring (bicyclic) bond motifs is 1. The van der Waals surface area contributed by atoms with E-state index in [1.807, 2.05) is 42.5 Å². The van der Waals surface area contributed by atoms with Crippen molar-refractivity contribution in [1.29, 1.82) is 0 Å². The largest absolute Gasteiger partial charge is 0.356 e. The van der Waals surface area contributed by atoms with E-state index < -0.39 is 0 Å². The van der Waals surface area contributed by atoms with Crippen LogP contribution in [0.1, 0.15) is 12.8 Å². The van der Waals surface area contributed by atoms with Crippen molar-refractivity contribution in [3.8, 4) is 0 Å². The highest BCUT2D eigenvalue weighted by atomic mass is 16.2. The van der Waals surface area contributed by atoms with Gasteiger partial charge in [0.2, 0.25) is 11.8 Å². The quantitative estimate of drug-likeness (QED) is 0.748. The zero-order valence-electron chi connectivity index (χ0n) is 16.2. The molecule has 148 valence electrons. The molecule has 0 bridgehead atoms. The average molecular weight is 380 g/mol. The zero-order chi connectivity index (χ0) is 19.3. The van der Waals surface area contributed by atoms with Gasteiger partial charge in [0.15, 0.2) is 0 Å². The Balaban J connectivity index is 1.32. The molecule has 2 fully saturated rings. The zero-order valence-corrected chi connectivity index (χ0v) is 16.2. The molecule has 0 aromatic heterocycles. The number of nitrogens with one attached hydrogen (secondary N) is 2. The summed E-state index contributed by atoms with van der Waals surface area (Å²) in [5.74, 6) is -0.251. The van der Waals surface area contributed by atoms with Gasteiger partial charge in [0, 0.05) is 51.1 Å². The second-order valence-electron chi connectivity index (χ2n) is 7.64. The summed E-state index contributed by atoms with van der Waals surface area (Å²) in [5, 5.41) is 8.54. The Labute approximate surface area is 165 Å². The van der Waals surface area contributed by atoms with Crippen molar-refractivity contribution in [2.45, 2.75) is 12.8 Å². The van der Waals surface area contributed by atoms with Crippen LogP contribution in [0.2, 0.25) is 0 Å². The van der Waals surface area contributed by atoms with E-state index >= 15 is 0 Å². The first kappa shape index (κ1) is 18.9. The highest BCUT2D eigenvalue weighted by molar-refractivity contribution is 6.06. The van der Waals surface area contributed by atoms with E-state index in [4.69, 9.17) is 0 Å². The lowest BCUT2D eigenvalue weighted by molar-refractivity contribution is -0.126. The predicted octanol–water partition coefficient (Wildman–Crippen LogP) is 1.60. The minimum atomic E-state index is -0.273. The van der Waals surface area contributed by atoms with Gasteiger partial charge in [0.1, 0.15) is 0 Å². The van der Waals surface area contributed by atoms with Gasteiger partial charge in [-0.2, -0.15) is 0 Å². The van der Waals surface area contributed by atoms with Gasteiger partial charge < -0.3 is 20.4 Å². The summed E-state index contributed by atoms with van der Waals surface area (Å²) >= 11 is 0. The third kappa shape index (κ3) is 4.18. The van der Waals surface area contributed by atoms with Gasteiger partial charge in [0.05, 0.1) is 11.6 Å². The van der Waals surface area contributed by atoms with E-state index in [9.17, 15) is 9.59 Å². The number of hydrogen-bond acceptors (Lipinski definition) is 4. The molecular formula is C22H28N4O2. The summed E-state index contributed by atoms with van der Waals surface area (Å²) in [4.78, 5) is 29.4. The maximum Gasteiger partial charge on any atom is 0.227 e.